The van der Waals surface area contributed by atoms with Gasteiger partial charge < -0.3 is 10.2 Å². The number of allylic oxidation sites excluding steroid dienone is 1. The van der Waals surface area contributed by atoms with Gasteiger partial charge in [-0.25, -0.2) is 0 Å². The molecular formula is C27H27F3N6O2. The van der Waals surface area contributed by atoms with Crippen molar-refractivity contribution in [2.75, 3.05) is 23.3 Å². The lowest BCUT2D eigenvalue weighted by Crippen LogP contribution is -2.51. The molecule has 3 aliphatic heterocycles. The van der Waals surface area contributed by atoms with Crippen LogP contribution in [0.15, 0.2) is 59.4 Å². The number of amides is 1. The van der Waals surface area contributed by atoms with Crippen LogP contribution < -0.4 is 10.2 Å². The topological polar surface area (TPSA) is 101 Å². The number of alkyl halides is 3. The molecule has 3 unspecified atom stereocenters. The number of halogens is 3. The summed E-state index contributed by atoms with van der Waals surface area (Å²) in [5.74, 6) is -2.75. The van der Waals surface area contributed by atoms with E-state index in [1.807, 2.05) is 29.2 Å². The fraction of sp³-hybridized carbons (Fsp3) is 0.407. The first-order valence-electron chi connectivity index (χ1n) is 12.4. The molecule has 8 nitrogen and oxygen atoms in total. The lowest BCUT2D eigenvalue weighted by molar-refractivity contribution is -0.172. The number of azide groups is 1. The van der Waals surface area contributed by atoms with Gasteiger partial charge in [0.25, 0.3) is 5.78 Å². The smallest absolute Gasteiger partial charge is 0.336 e. The van der Waals surface area contributed by atoms with Gasteiger partial charge in [-0.15, -0.1) is 0 Å². The molecule has 3 heterocycles. The molecule has 0 saturated heterocycles. The second-order valence-electron chi connectivity index (χ2n) is 10.2. The van der Waals surface area contributed by atoms with E-state index in [0.29, 0.717) is 16.9 Å². The number of hydrogen-bond acceptors (Lipinski definition) is 5. The molecule has 0 fully saturated rings. The normalized spacial score (nSPS) is 24.1. The summed E-state index contributed by atoms with van der Waals surface area (Å²) in [6.07, 6.45) is -2.94. The summed E-state index contributed by atoms with van der Waals surface area (Å²) >= 11 is 0. The maximum absolute atomic E-state index is 13.8. The van der Waals surface area contributed by atoms with Crippen LogP contribution in [0.4, 0.5) is 24.5 Å². The molecule has 0 spiro atoms. The number of ketones is 1. The summed E-state index contributed by atoms with van der Waals surface area (Å²) in [5.41, 5.74) is 12.0. The van der Waals surface area contributed by atoms with Gasteiger partial charge in [0.05, 0.1) is 0 Å². The van der Waals surface area contributed by atoms with Crippen LogP contribution in [0, 0.1) is 0 Å². The summed E-state index contributed by atoms with van der Waals surface area (Å²) < 4.78 is 41.5. The van der Waals surface area contributed by atoms with Crippen LogP contribution in [0.3, 0.4) is 0 Å². The number of nitrogens with zero attached hydrogens (tertiary/aromatic N) is 5. The second-order valence-corrected chi connectivity index (χ2v) is 10.2. The standard InChI is InChI=1S/C27H27F3N6O2/c1-16(2)14-36-21-9-5-6-17-15-35(13-10-18(22(17)21)23(36)24(37)27(28,29)30)26(11-12-32-34-31)19-7-3-4-8-20(19)33-25(26)38/h3-9,14,18,23H,10-13,15H2,1-2H3,(H,33,38). The van der Waals surface area contributed by atoms with E-state index in [1.165, 1.54) is 4.90 Å². The van der Waals surface area contributed by atoms with Crippen molar-refractivity contribution in [3.05, 3.63) is 81.4 Å². The highest BCUT2D eigenvalue weighted by Crippen LogP contribution is 2.51. The molecule has 3 aliphatic rings. The third-order valence-corrected chi connectivity index (χ3v) is 7.69. The van der Waals surface area contributed by atoms with Gasteiger partial charge in [-0.1, -0.05) is 41.0 Å². The van der Waals surface area contributed by atoms with Crippen molar-refractivity contribution in [3.8, 4) is 0 Å². The fourth-order valence-electron chi connectivity index (χ4n) is 6.28. The first-order valence-corrected chi connectivity index (χ1v) is 12.4. The minimum Gasteiger partial charge on any atom is -0.336 e. The first kappa shape index (κ1) is 25.8. The average molecular weight is 525 g/mol. The molecule has 2 aromatic rings. The Labute approximate surface area is 217 Å². The number of nitrogens with one attached hydrogen (secondary N) is 1. The molecule has 11 heteroatoms. The molecule has 0 radical (unpaired) electrons. The molecule has 0 bridgehead atoms. The van der Waals surface area contributed by atoms with Crippen molar-refractivity contribution in [1.82, 2.24) is 4.90 Å². The minimum absolute atomic E-state index is 0.0641. The highest BCUT2D eigenvalue weighted by molar-refractivity contribution is 6.06. The SMILES string of the molecule is CC(C)=CN1c2cccc3c2C(CCN(C2(CCN=[N+]=[N-])C(=O)Nc4ccccc42)C3)C1C(=O)C(F)(F)F. The first-order chi connectivity index (χ1) is 18.1. The predicted molar refractivity (Wildman–Crippen MR) is 136 cm³/mol. The molecule has 198 valence electrons. The van der Waals surface area contributed by atoms with Gasteiger partial charge in [0, 0.05) is 53.6 Å². The maximum Gasteiger partial charge on any atom is 0.452 e. The Kier molecular flexibility index (Phi) is 6.44. The second kappa shape index (κ2) is 9.49. The molecule has 0 saturated carbocycles. The number of benzene rings is 2. The number of anilines is 2. The summed E-state index contributed by atoms with van der Waals surface area (Å²) in [7, 11) is 0. The lowest BCUT2D eigenvalue weighted by Gasteiger charge is -2.39. The predicted octanol–water partition coefficient (Wildman–Crippen LogP) is 5.77. The number of hydrogen-bond donors (Lipinski definition) is 1. The van der Waals surface area contributed by atoms with Crippen molar-refractivity contribution in [2.45, 2.75) is 56.9 Å². The molecular weight excluding hydrogens is 497 g/mol. The Balaban J connectivity index is 1.64. The number of para-hydroxylation sites is 1. The fourth-order valence-corrected chi connectivity index (χ4v) is 6.28. The van der Waals surface area contributed by atoms with Gasteiger partial charge in [-0.05, 0) is 55.5 Å². The molecule has 3 atom stereocenters. The zero-order valence-electron chi connectivity index (χ0n) is 21.0. The van der Waals surface area contributed by atoms with E-state index in [2.05, 4.69) is 15.3 Å². The van der Waals surface area contributed by atoms with Crippen molar-refractivity contribution < 1.29 is 22.8 Å². The van der Waals surface area contributed by atoms with Gasteiger partial charge in [0.15, 0.2) is 0 Å². The van der Waals surface area contributed by atoms with Crippen molar-refractivity contribution in [2.24, 2.45) is 5.11 Å². The van der Waals surface area contributed by atoms with Crippen LogP contribution in [0.2, 0.25) is 0 Å². The van der Waals surface area contributed by atoms with E-state index in [1.54, 1.807) is 38.2 Å². The van der Waals surface area contributed by atoms with E-state index in [-0.39, 0.29) is 38.4 Å². The van der Waals surface area contributed by atoms with Gasteiger partial charge in [0.1, 0.15) is 11.6 Å². The minimum atomic E-state index is -4.99. The summed E-state index contributed by atoms with van der Waals surface area (Å²) in [6.45, 7) is 4.18. The molecule has 0 aliphatic carbocycles. The zero-order valence-corrected chi connectivity index (χ0v) is 21.0. The maximum atomic E-state index is 13.8. The average Bonchev–Trinajstić information content (AvgIpc) is 3.23. The van der Waals surface area contributed by atoms with E-state index < -0.39 is 29.5 Å². The Hall–Kier alpha value is -3.82. The van der Waals surface area contributed by atoms with Gasteiger partial charge >= 0.3 is 6.18 Å². The van der Waals surface area contributed by atoms with Crippen LogP contribution in [-0.2, 0) is 21.7 Å². The van der Waals surface area contributed by atoms with Crippen molar-refractivity contribution >= 4 is 23.1 Å². The summed E-state index contributed by atoms with van der Waals surface area (Å²) in [6, 6.07) is 11.2. The Morgan fingerprint density at radius 3 is 2.71 bits per heavy atom. The molecule has 1 N–H and O–H groups in total. The van der Waals surface area contributed by atoms with Crippen LogP contribution in [0.25, 0.3) is 10.4 Å². The quantitative estimate of drug-likeness (QED) is 0.295. The third-order valence-electron chi connectivity index (χ3n) is 7.69. The Bertz CT molecular complexity index is 1380. The summed E-state index contributed by atoms with van der Waals surface area (Å²) in [5, 5.41) is 6.62. The number of carbonyl (C=O) groups is 2. The van der Waals surface area contributed by atoms with E-state index in [9.17, 15) is 22.8 Å². The monoisotopic (exact) mass is 524 g/mol. The molecule has 1 amide bonds. The van der Waals surface area contributed by atoms with E-state index in [0.717, 1.165) is 16.7 Å². The Morgan fingerprint density at radius 1 is 1.24 bits per heavy atom. The number of rotatable bonds is 6. The molecule has 2 aromatic carbocycles. The zero-order chi connectivity index (χ0) is 27.2. The lowest BCUT2D eigenvalue weighted by atomic mass is 9.85. The van der Waals surface area contributed by atoms with Crippen molar-refractivity contribution in [1.29, 1.82) is 0 Å². The summed E-state index contributed by atoms with van der Waals surface area (Å²) in [4.78, 5) is 32.7. The van der Waals surface area contributed by atoms with Gasteiger partial charge in [-0.3, -0.25) is 14.5 Å². The number of Topliss-reactive ketones (excluding diaryl/α,β-unsaturated/α-hetero) is 1. The van der Waals surface area contributed by atoms with E-state index >= 15 is 0 Å². The van der Waals surface area contributed by atoms with Crippen LogP contribution >= 0.6 is 0 Å². The van der Waals surface area contributed by atoms with Crippen LogP contribution in [-0.4, -0.2) is 41.9 Å². The van der Waals surface area contributed by atoms with Gasteiger partial charge in [-0.2, -0.15) is 13.2 Å². The number of fused-ring (bicyclic) bond motifs is 1. The van der Waals surface area contributed by atoms with Crippen LogP contribution in [0.5, 0.6) is 0 Å². The van der Waals surface area contributed by atoms with Crippen molar-refractivity contribution in [3.63, 3.8) is 0 Å². The third kappa shape index (κ3) is 4.02. The molecule has 0 aromatic heterocycles. The highest BCUT2D eigenvalue weighted by atomic mass is 19.4. The highest BCUT2D eigenvalue weighted by Gasteiger charge is 2.56. The van der Waals surface area contributed by atoms with E-state index in [4.69, 9.17) is 5.53 Å². The Morgan fingerprint density at radius 2 is 2.00 bits per heavy atom. The molecule has 5 rings (SSSR count). The number of carbonyl (C=O) groups excluding carboxylic acids is 2. The largest absolute Gasteiger partial charge is 0.452 e. The van der Waals surface area contributed by atoms with Gasteiger partial charge in [0.2, 0.25) is 5.91 Å². The van der Waals surface area contributed by atoms with Crippen LogP contribution in [0.1, 0.15) is 49.3 Å². The molecule has 38 heavy (non-hydrogen) atoms.